The van der Waals surface area contributed by atoms with Gasteiger partial charge in [-0.05, 0) is 49.3 Å². The summed E-state index contributed by atoms with van der Waals surface area (Å²) in [6.45, 7) is 4.02. The second-order valence-electron chi connectivity index (χ2n) is 5.62. The van der Waals surface area contributed by atoms with Crippen LogP contribution in [0, 0.1) is 55.1 Å². The van der Waals surface area contributed by atoms with Crippen molar-refractivity contribution in [3.63, 3.8) is 0 Å². The summed E-state index contributed by atoms with van der Waals surface area (Å²) >= 11 is 6.03. The topological polar surface area (TPSA) is 65.7 Å². The van der Waals surface area contributed by atoms with E-state index in [1.54, 1.807) is 12.3 Å². The number of aromatic nitrogens is 5. The van der Waals surface area contributed by atoms with Crippen molar-refractivity contribution in [3.8, 4) is 22.6 Å². The Kier molecular flexibility index (Phi) is 5.47. The fraction of sp³-hybridized carbons (Fsp3) is 0.111. The summed E-state index contributed by atoms with van der Waals surface area (Å²) in [5, 5.41) is 9.61. The van der Waals surface area contributed by atoms with Crippen LogP contribution in [0.15, 0.2) is 42.7 Å². The smallest absolute Gasteiger partial charge is 0.0949 e. The fourth-order valence-corrected chi connectivity index (χ4v) is 2.78. The van der Waals surface area contributed by atoms with Crippen molar-refractivity contribution in [2.24, 2.45) is 0 Å². The van der Waals surface area contributed by atoms with E-state index in [9.17, 15) is 0 Å². The summed E-state index contributed by atoms with van der Waals surface area (Å²) in [5.41, 5.74) is 5.99. The zero-order chi connectivity index (χ0) is 16.7. The normalized spacial score (nSPS) is 10.7. The van der Waals surface area contributed by atoms with Crippen molar-refractivity contribution in [1.29, 1.82) is 0 Å². The Balaban J connectivity index is 0.00000182. The Hall–Kier alpha value is -1.43. The first kappa shape index (κ1) is 18.4. The maximum absolute atomic E-state index is 6.03. The van der Waals surface area contributed by atoms with Gasteiger partial charge in [0.2, 0.25) is 0 Å². The number of hydrogen-bond donors (Lipinski definition) is 0. The van der Waals surface area contributed by atoms with E-state index in [0.29, 0.717) is 16.4 Å². The first-order chi connectivity index (χ1) is 11.6. The van der Waals surface area contributed by atoms with Gasteiger partial charge < -0.3 is 10.1 Å². The van der Waals surface area contributed by atoms with Crippen LogP contribution in [0.1, 0.15) is 11.3 Å². The van der Waals surface area contributed by atoms with Gasteiger partial charge in [0, 0.05) is 69.2 Å². The standard InChI is InChI=1S/C18H13ClN5.Pr/c1-10-3-4-11(2)22-16(10)12-5-6-15(20-8-12)17-14-7-13(19)9-21-18(14)24-23-17;/h3-9H,1-2H3;/q-1;. The SMILES string of the molecule is Cc1ccc(C)c(-c2ccc(-c3n[n-]c4ncc(Cl)cc34)nc2)n1.[Pr]. The first-order valence-electron chi connectivity index (χ1n) is 7.47. The van der Waals surface area contributed by atoms with Crippen LogP contribution < -0.4 is 5.10 Å². The van der Waals surface area contributed by atoms with Crippen molar-refractivity contribution >= 4 is 22.6 Å². The average molecular weight is 476 g/mol. The second-order valence-corrected chi connectivity index (χ2v) is 6.06. The van der Waals surface area contributed by atoms with Gasteiger partial charge in [-0.2, -0.15) is 0 Å². The number of nitrogens with zero attached hydrogens (tertiary/aromatic N) is 5. The molecule has 4 heterocycles. The van der Waals surface area contributed by atoms with E-state index in [-0.39, 0.29) is 41.3 Å². The molecule has 0 saturated heterocycles. The molecule has 4 rings (SSSR count). The molecular weight excluding hydrogens is 463 g/mol. The molecule has 0 fully saturated rings. The Bertz CT molecular complexity index is 1040. The molecule has 0 saturated carbocycles. The van der Waals surface area contributed by atoms with Crippen LogP contribution in [0.3, 0.4) is 0 Å². The Morgan fingerprint density at radius 1 is 0.960 bits per heavy atom. The molecular formula is C18H13ClN5Pr-. The minimum Gasteiger partial charge on any atom is -0.440 e. The molecule has 0 unspecified atom stereocenters. The molecule has 0 atom stereocenters. The first-order valence-corrected chi connectivity index (χ1v) is 7.85. The van der Waals surface area contributed by atoms with Gasteiger partial charge >= 0.3 is 0 Å². The molecule has 0 aromatic carbocycles. The molecule has 25 heavy (non-hydrogen) atoms. The van der Waals surface area contributed by atoms with Gasteiger partial charge in [-0.1, -0.05) is 23.9 Å². The van der Waals surface area contributed by atoms with Crippen LogP contribution in [0.4, 0.5) is 0 Å². The van der Waals surface area contributed by atoms with E-state index in [1.807, 2.05) is 38.2 Å². The zero-order valence-corrected chi connectivity index (χ0v) is 18.2. The largest absolute Gasteiger partial charge is 0.440 e. The third-order valence-corrected chi connectivity index (χ3v) is 4.06. The molecule has 1 radical (unpaired) electrons. The van der Waals surface area contributed by atoms with Gasteiger partial charge in [0.05, 0.1) is 17.1 Å². The molecule has 0 aliphatic carbocycles. The zero-order valence-electron chi connectivity index (χ0n) is 13.7. The third-order valence-electron chi connectivity index (χ3n) is 3.85. The molecule has 7 heteroatoms. The van der Waals surface area contributed by atoms with Crippen LogP contribution in [-0.2, 0) is 0 Å². The van der Waals surface area contributed by atoms with E-state index < -0.39 is 0 Å². The van der Waals surface area contributed by atoms with Gasteiger partial charge in [-0.25, -0.2) is 0 Å². The summed E-state index contributed by atoms with van der Waals surface area (Å²) < 4.78 is 0. The monoisotopic (exact) mass is 475 g/mol. The van der Waals surface area contributed by atoms with E-state index in [2.05, 4.69) is 31.2 Å². The quantitative estimate of drug-likeness (QED) is 0.439. The molecule has 0 amide bonds. The van der Waals surface area contributed by atoms with E-state index in [4.69, 9.17) is 11.6 Å². The molecule has 0 aliphatic rings. The van der Waals surface area contributed by atoms with Crippen LogP contribution in [0.5, 0.6) is 0 Å². The number of halogens is 1. The summed E-state index contributed by atoms with van der Waals surface area (Å²) in [6.07, 6.45) is 3.37. The maximum Gasteiger partial charge on any atom is 0.0949 e. The van der Waals surface area contributed by atoms with Crippen molar-refractivity contribution in [2.45, 2.75) is 13.8 Å². The molecule has 121 valence electrons. The summed E-state index contributed by atoms with van der Waals surface area (Å²) in [6, 6.07) is 9.79. The molecule has 0 spiro atoms. The molecule has 0 bridgehead atoms. The summed E-state index contributed by atoms with van der Waals surface area (Å²) in [7, 11) is 0. The summed E-state index contributed by atoms with van der Waals surface area (Å²) in [5.74, 6) is 0. The Labute approximate surface area is 183 Å². The minimum absolute atomic E-state index is 0. The van der Waals surface area contributed by atoms with Crippen molar-refractivity contribution < 1.29 is 41.3 Å². The van der Waals surface area contributed by atoms with Gasteiger partial charge in [0.1, 0.15) is 0 Å². The minimum atomic E-state index is 0. The molecule has 0 aliphatic heterocycles. The predicted molar refractivity (Wildman–Crippen MR) is 93.8 cm³/mol. The fourth-order valence-electron chi connectivity index (χ4n) is 2.62. The van der Waals surface area contributed by atoms with Crippen LogP contribution in [0.25, 0.3) is 33.7 Å². The van der Waals surface area contributed by atoms with Crippen molar-refractivity contribution in [1.82, 2.24) is 25.1 Å². The molecule has 5 nitrogen and oxygen atoms in total. The van der Waals surface area contributed by atoms with Gasteiger partial charge in [-0.3, -0.25) is 15.1 Å². The number of fused-ring (bicyclic) bond motifs is 1. The average Bonchev–Trinajstić information content (AvgIpc) is 3.00. The van der Waals surface area contributed by atoms with Gasteiger partial charge in [-0.15, -0.1) is 0 Å². The van der Waals surface area contributed by atoms with E-state index >= 15 is 0 Å². The van der Waals surface area contributed by atoms with Crippen LogP contribution >= 0.6 is 11.6 Å². The Morgan fingerprint density at radius 2 is 1.80 bits per heavy atom. The maximum atomic E-state index is 6.03. The van der Waals surface area contributed by atoms with Crippen molar-refractivity contribution in [2.75, 3.05) is 0 Å². The van der Waals surface area contributed by atoms with E-state index in [0.717, 1.165) is 33.6 Å². The molecule has 4 aromatic heterocycles. The number of aryl methyl sites for hydroxylation is 2. The molecule has 0 N–H and O–H groups in total. The summed E-state index contributed by atoms with van der Waals surface area (Å²) in [4.78, 5) is 13.3. The second kappa shape index (κ2) is 7.44. The number of rotatable bonds is 2. The van der Waals surface area contributed by atoms with Gasteiger partial charge in [0.25, 0.3) is 0 Å². The Morgan fingerprint density at radius 3 is 2.56 bits per heavy atom. The number of hydrogen-bond acceptors (Lipinski definition) is 4. The third kappa shape index (κ3) is 3.59. The molecule has 4 aromatic rings. The van der Waals surface area contributed by atoms with E-state index in [1.165, 1.54) is 0 Å². The van der Waals surface area contributed by atoms with Crippen LogP contribution in [-0.4, -0.2) is 20.1 Å². The van der Waals surface area contributed by atoms with Crippen LogP contribution in [0.2, 0.25) is 5.02 Å². The van der Waals surface area contributed by atoms with Crippen molar-refractivity contribution in [3.05, 3.63) is 59.0 Å². The number of pyridine rings is 3. The van der Waals surface area contributed by atoms with Gasteiger partial charge in [0.15, 0.2) is 0 Å². The predicted octanol–water partition coefficient (Wildman–Crippen LogP) is 3.98.